The Bertz CT molecular complexity index is 452. The molecule has 116 valence electrons. The van der Waals surface area contributed by atoms with Crippen LogP contribution >= 0.6 is 0 Å². The molecule has 0 radical (unpaired) electrons. The van der Waals surface area contributed by atoms with E-state index in [-0.39, 0.29) is 5.91 Å². The van der Waals surface area contributed by atoms with E-state index >= 15 is 0 Å². The minimum absolute atomic E-state index is 0.101. The van der Waals surface area contributed by atoms with Crippen molar-refractivity contribution in [3.63, 3.8) is 0 Å². The van der Waals surface area contributed by atoms with Gasteiger partial charge in [-0.25, -0.2) is 0 Å². The van der Waals surface area contributed by atoms with Crippen LogP contribution in [0.5, 0.6) is 0 Å². The summed E-state index contributed by atoms with van der Waals surface area (Å²) >= 11 is 0. The first-order valence-corrected chi connectivity index (χ1v) is 7.81. The molecule has 21 heavy (non-hydrogen) atoms. The van der Waals surface area contributed by atoms with Crippen molar-refractivity contribution in [2.45, 2.75) is 45.3 Å². The summed E-state index contributed by atoms with van der Waals surface area (Å²) in [6.07, 6.45) is 2.99. The molecule has 1 aromatic rings. The van der Waals surface area contributed by atoms with Gasteiger partial charge in [-0.1, -0.05) is 12.1 Å². The van der Waals surface area contributed by atoms with Crippen LogP contribution in [0.2, 0.25) is 0 Å². The molecule has 1 aliphatic rings. The summed E-state index contributed by atoms with van der Waals surface area (Å²) < 4.78 is 5.52. The molecule has 1 aliphatic carbocycles. The molecule has 0 aromatic heterocycles. The van der Waals surface area contributed by atoms with E-state index in [1.165, 1.54) is 5.56 Å². The predicted molar refractivity (Wildman–Crippen MR) is 85.3 cm³/mol. The minimum Gasteiger partial charge on any atom is -0.378 e. The molecule has 1 unspecified atom stereocenters. The fourth-order valence-electron chi connectivity index (χ4n) is 2.71. The zero-order valence-electron chi connectivity index (χ0n) is 13.2. The Morgan fingerprint density at radius 3 is 2.57 bits per heavy atom. The molecule has 1 saturated carbocycles. The van der Waals surface area contributed by atoms with Gasteiger partial charge in [0.15, 0.2) is 0 Å². The van der Waals surface area contributed by atoms with Gasteiger partial charge in [-0.3, -0.25) is 4.79 Å². The van der Waals surface area contributed by atoms with Crippen LogP contribution in [0.25, 0.3) is 0 Å². The third-order valence-electron chi connectivity index (χ3n) is 4.20. The zero-order valence-corrected chi connectivity index (χ0v) is 13.2. The highest BCUT2D eigenvalue weighted by Crippen LogP contribution is 2.32. The van der Waals surface area contributed by atoms with Crippen LogP contribution in [0.4, 0.5) is 5.69 Å². The lowest BCUT2D eigenvalue weighted by Crippen LogP contribution is -2.33. The van der Waals surface area contributed by atoms with E-state index in [1.54, 1.807) is 0 Å². The molecule has 0 bridgehead atoms. The standard InChI is InChI=1S/C17H26N2O2/c1-4-21-16-9-13(10-16)11-17(20)19-15-7-5-14(6-8-15)12(2)18-3/h5-8,12-13,16,18H,4,9-11H2,1-3H3,(H,19,20). The van der Waals surface area contributed by atoms with Crippen molar-refractivity contribution in [2.24, 2.45) is 5.92 Å². The molecule has 0 aliphatic heterocycles. The van der Waals surface area contributed by atoms with Crippen LogP contribution in [0.3, 0.4) is 0 Å². The smallest absolute Gasteiger partial charge is 0.224 e. The average Bonchev–Trinajstić information content (AvgIpc) is 2.45. The summed E-state index contributed by atoms with van der Waals surface area (Å²) in [4.78, 5) is 12.0. The molecule has 2 rings (SSSR count). The summed E-state index contributed by atoms with van der Waals surface area (Å²) in [7, 11) is 1.94. The number of nitrogens with one attached hydrogen (secondary N) is 2. The van der Waals surface area contributed by atoms with E-state index in [1.807, 2.05) is 38.2 Å². The first-order chi connectivity index (χ1) is 10.1. The Morgan fingerprint density at radius 1 is 1.33 bits per heavy atom. The van der Waals surface area contributed by atoms with Gasteiger partial charge in [0.2, 0.25) is 5.91 Å². The van der Waals surface area contributed by atoms with Crippen LogP contribution < -0.4 is 10.6 Å². The third-order valence-corrected chi connectivity index (χ3v) is 4.20. The van der Waals surface area contributed by atoms with E-state index < -0.39 is 0 Å². The fourth-order valence-corrected chi connectivity index (χ4v) is 2.71. The Hall–Kier alpha value is -1.39. The Labute approximate surface area is 127 Å². The van der Waals surface area contributed by atoms with Gasteiger partial charge in [0.1, 0.15) is 0 Å². The second kappa shape index (κ2) is 7.57. The maximum atomic E-state index is 12.0. The number of rotatable bonds is 7. The van der Waals surface area contributed by atoms with E-state index in [4.69, 9.17) is 4.74 Å². The average molecular weight is 290 g/mol. The highest BCUT2D eigenvalue weighted by atomic mass is 16.5. The van der Waals surface area contributed by atoms with Gasteiger partial charge in [0, 0.05) is 24.8 Å². The maximum Gasteiger partial charge on any atom is 0.224 e. The number of carbonyl (C=O) groups is 1. The second-order valence-electron chi connectivity index (χ2n) is 5.80. The van der Waals surface area contributed by atoms with Crippen LogP contribution in [-0.4, -0.2) is 25.7 Å². The van der Waals surface area contributed by atoms with Gasteiger partial charge in [0.25, 0.3) is 0 Å². The molecule has 2 N–H and O–H groups in total. The SMILES string of the molecule is CCOC1CC(CC(=O)Nc2ccc(C(C)NC)cc2)C1. The van der Waals surface area contributed by atoms with E-state index in [0.29, 0.717) is 24.5 Å². The van der Waals surface area contributed by atoms with Gasteiger partial charge in [-0.05, 0) is 57.4 Å². The highest BCUT2D eigenvalue weighted by molar-refractivity contribution is 5.90. The van der Waals surface area contributed by atoms with Crippen LogP contribution in [0.1, 0.15) is 44.7 Å². The largest absolute Gasteiger partial charge is 0.378 e. The van der Waals surface area contributed by atoms with Crippen molar-refractivity contribution >= 4 is 11.6 Å². The van der Waals surface area contributed by atoms with Crippen LogP contribution in [0.15, 0.2) is 24.3 Å². The normalized spacial score (nSPS) is 22.4. The maximum absolute atomic E-state index is 12.0. The lowest BCUT2D eigenvalue weighted by molar-refractivity contribution is -0.119. The lowest BCUT2D eigenvalue weighted by Gasteiger charge is -2.34. The first kappa shape index (κ1) is 16.0. The van der Waals surface area contributed by atoms with Gasteiger partial charge < -0.3 is 15.4 Å². The Balaban J connectivity index is 1.75. The van der Waals surface area contributed by atoms with Crippen molar-refractivity contribution in [3.8, 4) is 0 Å². The van der Waals surface area contributed by atoms with Crippen molar-refractivity contribution in [1.82, 2.24) is 5.32 Å². The van der Waals surface area contributed by atoms with Gasteiger partial charge in [0.05, 0.1) is 6.10 Å². The highest BCUT2D eigenvalue weighted by Gasteiger charge is 2.30. The van der Waals surface area contributed by atoms with Crippen molar-refractivity contribution in [1.29, 1.82) is 0 Å². The van der Waals surface area contributed by atoms with E-state index in [2.05, 4.69) is 17.6 Å². The van der Waals surface area contributed by atoms with Gasteiger partial charge >= 0.3 is 0 Å². The molecule has 0 heterocycles. The molecular formula is C17H26N2O2. The first-order valence-electron chi connectivity index (χ1n) is 7.81. The zero-order chi connectivity index (χ0) is 15.2. The number of benzene rings is 1. The number of hydrogen-bond donors (Lipinski definition) is 2. The number of amides is 1. The van der Waals surface area contributed by atoms with Crippen LogP contribution in [0, 0.1) is 5.92 Å². The lowest BCUT2D eigenvalue weighted by atomic mass is 9.80. The number of ether oxygens (including phenoxy) is 1. The molecule has 0 saturated heterocycles. The van der Waals surface area contributed by atoms with Gasteiger partial charge in [-0.15, -0.1) is 0 Å². The minimum atomic E-state index is 0.101. The van der Waals surface area contributed by atoms with Crippen LogP contribution in [-0.2, 0) is 9.53 Å². The molecule has 4 nitrogen and oxygen atoms in total. The number of anilines is 1. The molecule has 4 heteroatoms. The topological polar surface area (TPSA) is 50.4 Å². The quantitative estimate of drug-likeness (QED) is 0.811. The van der Waals surface area contributed by atoms with E-state index in [9.17, 15) is 4.79 Å². The van der Waals surface area contributed by atoms with E-state index in [0.717, 1.165) is 25.1 Å². The predicted octanol–water partition coefficient (Wildman–Crippen LogP) is 3.11. The fraction of sp³-hybridized carbons (Fsp3) is 0.588. The molecule has 1 aromatic carbocycles. The summed E-state index contributed by atoms with van der Waals surface area (Å²) in [5.41, 5.74) is 2.08. The Morgan fingerprint density at radius 2 is 2.00 bits per heavy atom. The number of hydrogen-bond acceptors (Lipinski definition) is 3. The monoisotopic (exact) mass is 290 g/mol. The molecular weight excluding hydrogens is 264 g/mol. The number of carbonyl (C=O) groups excluding carboxylic acids is 1. The molecule has 1 fully saturated rings. The Kier molecular flexibility index (Phi) is 5.76. The van der Waals surface area contributed by atoms with Crippen molar-refractivity contribution in [3.05, 3.63) is 29.8 Å². The summed E-state index contributed by atoms with van der Waals surface area (Å²) in [6, 6.07) is 8.34. The molecule has 1 atom stereocenters. The molecule has 1 amide bonds. The third kappa shape index (κ3) is 4.55. The van der Waals surface area contributed by atoms with Crippen molar-refractivity contribution < 1.29 is 9.53 Å². The summed E-state index contributed by atoms with van der Waals surface area (Å²) in [6.45, 7) is 4.89. The van der Waals surface area contributed by atoms with Gasteiger partial charge in [-0.2, -0.15) is 0 Å². The van der Waals surface area contributed by atoms with Crippen molar-refractivity contribution in [2.75, 3.05) is 19.0 Å². The summed E-state index contributed by atoms with van der Waals surface area (Å²) in [5.74, 6) is 0.578. The second-order valence-corrected chi connectivity index (χ2v) is 5.80. The summed E-state index contributed by atoms with van der Waals surface area (Å²) in [5, 5.41) is 6.17. The molecule has 0 spiro atoms.